The fourth-order valence-electron chi connectivity index (χ4n) is 1.54. The summed E-state index contributed by atoms with van der Waals surface area (Å²) in [5.74, 6) is 1.64. The lowest BCUT2D eigenvalue weighted by atomic mass is 10.0. The zero-order valence-corrected chi connectivity index (χ0v) is 8.94. The standard InChI is InChI=1S/C12H15NO2/c1-8(2)15-9-3-4-12-10(7-9)11(13)5-6-14-12/h3-8,11H,13H2,1-2H3/t11-/m0/s1. The summed E-state index contributed by atoms with van der Waals surface area (Å²) in [4.78, 5) is 0. The number of fused-ring (bicyclic) bond motifs is 1. The number of ether oxygens (including phenoxy) is 2. The lowest BCUT2D eigenvalue weighted by Crippen LogP contribution is -2.13. The molecule has 1 heterocycles. The van der Waals surface area contributed by atoms with Crippen LogP contribution in [0.15, 0.2) is 30.5 Å². The van der Waals surface area contributed by atoms with E-state index in [9.17, 15) is 0 Å². The van der Waals surface area contributed by atoms with Crippen LogP contribution in [0, 0.1) is 0 Å². The van der Waals surface area contributed by atoms with Crippen molar-refractivity contribution in [1.82, 2.24) is 0 Å². The van der Waals surface area contributed by atoms with E-state index in [1.165, 1.54) is 0 Å². The van der Waals surface area contributed by atoms with Crippen LogP contribution in [0.5, 0.6) is 11.5 Å². The van der Waals surface area contributed by atoms with Gasteiger partial charge in [-0.3, -0.25) is 0 Å². The fourth-order valence-corrected chi connectivity index (χ4v) is 1.54. The van der Waals surface area contributed by atoms with Crippen molar-refractivity contribution in [3.63, 3.8) is 0 Å². The Kier molecular flexibility index (Phi) is 2.64. The average Bonchev–Trinajstić information content (AvgIpc) is 2.18. The fraction of sp³-hybridized carbons (Fsp3) is 0.333. The van der Waals surface area contributed by atoms with Gasteiger partial charge in [0.2, 0.25) is 0 Å². The second kappa shape index (κ2) is 3.95. The van der Waals surface area contributed by atoms with Crippen LogP contribution < -0.4 is 15.2 Å². The topological polar surface area (TPSA) is 44.5 Å². The molecule has 1 aromatic rings. The second-order valence-electron chi connectivity index (χ2n) is 3.84. The van der Waals surface area contributed by atoms with Crippen molar-refractivity contribution in [2.75, 3.05) is 0 Å². The molecule has 1 atom stereocenters. The van der Waals surface area contributed by atoms with Crippen molar-refractivity contribution < 1.29 is 9.47 Å². The summed E-state index contributed by atoms with van der Waals surface area (Å²) in [5.41, 5.74) is 6.89. The Balaban J connectivity index is 2.29. The highest BCUT2D eigenvalue weighted by molar-refractivity contribution is 5.45. The molecule has 0 saturated heterocycles. The molecular formula is C12H15NO2. The number of rotatable bonds is 2. The van der Waals surface area contributed by atoms with E-state index in [4.69, 9.17) is 15.2 Å². The molecule has 0 aromatic heterocycles. The summed E-state index contributed by atoms with van der Waals surface area (Å²) in [5, 5.41) is 0. The average molecular weight is 205 g/mol. The van der Waals surface area contributed by atoms with Gasteiger partial charge in [-0.25, -0.2) is 0 Å². The monoisotopic (exact) mass is 205 g/mol. The number of hydrogen-bond acceptors (Lipinski definition) is 3. The first kappa shape index (κ1) is 10.1. The van der Waals surface area contributed by atoms with Gasteiger partial charge in [0.25, 0.3) is 0 Å². The van der Waals surface area contributed by atoms with E-state index < -0.39 is 0 Å². The molecule has 3 heteroatoms. The van der Waals surface area contributed by atoms with E-state index in [0.29, 0.717) is 0 Å². The third-order valence-corrected chi connectivity index (χ3v) is 2.19. The van der Waals surface area contributed by atoms with E-state index in [1.54, 1.807) is 6.26 Å². The minimum Gasteiger partial charge on any atom is -0.491 e. The first-order valence-electron chi connectivity index (χ1n) is 5.06. The maximum Gasteiger partial charge on any atom is 0.131 e. The van der Waals surface area contributed by atoms with Gasteiger partial charge < -0.3 is 15.2 Å². The molecule has 2 N–H and O–H groups in total. The highest BCUT2D eigenvalue weighted by Crippen LogP contribution is 2.32. The summed E-state index contributed by atoms with van der Waals surface area (Å²) in [6.07, 6.45) is 3.61. The highest BCUT2D eigenvalue weighted by atomic mass is 16.5. The van der Waals surface area contributed by atoms with Crippen molar-refractivity contribution in [2.45, 2.75) is 26.0 Å². The Morgan fingerprint density at radius 2 is 2.20 bits per heavy atom. The Morgan fingerprint density at radius 3 is 2.93 bits per heavy atom. The molecule has 0 amide bonds. The highest BCUT2D eigenvalue weighted by Gasteiger charge is 2.14. The molecule has 0 spiro atoms. The van der Waals surface area contributed by atoms with E-state index in [1.807, 2.05) is 38.1 Å². The van der Waals surface area contributed by atoms with Crippen molar-refractivity contribution in [2.24, 2.45) is 5.73 Å². The molecule has 2 rings (SSSR count). The van der Waals surface area contributed by atoms with Gasteiger partial charge in [0.15, 0.2) is 0 Å². The molecule has 0 fully saturated rings. The first-order valence-corrected chi connectivity index (χ1v) is 5.06. The lowest BCUT2D eigenvalue weighted by molar-refractivity contribution is 0.241. The minimum absolute atomic E-state index is 0.107. The third-order valence-electron chi connectivity index (χ3n) is 2.19. The SMILES string of the molecule is CC(C)Oc1ccc2c(c1)[C@@H](N)C=CO2. The van der Waals surface area contributed by atoms with Crippen molar-refractivity contribution in [3.05, 3.63) is 36.1 Å². The Bertz CT molecular complexity index is 385. The van der Waals surface area contributed by atoms with Gasteiger partial charge in [-0.2, -0.15) is 0 Å². The Labute approximate surface area is 89.5 Å². The number of nitrogens with two attached hydrogens (primary N) is 1. The van der Waals surface area contributed by atoms with Gasteiger partial charge in [0, 0.05) is 5.56 Å². The summed E-state index contributed by atoms with van der Waals surface area (Å²) in [6.45, 7) is 3.99. The molecule has 0 unspecified atom stereocenters. The van der Waals surface area contributed by atoms with Crippen LogP contribution >= 0.6 is 0 Å². The van der Waals surface area contributed by atoms with Crippen molar-refractivity contribution >= 4 is 0 Å². The van der Waals surface area contributed by atoms with Crippen LogP contribution in [-0.2, 0) is 0 Å². The van der Waals surface area contributed by atoms with Crippen LogP contribution in [0.4, 0.5) is 0 Å². The molecule has 3 nitrogen and oxygen atoms in total. The molecule has 15 heavy (non-hydrogen) atoms. The predicted molar refractivity (Wildman–Crippen MR) is 58.9 cm³/mol. The molecule has 1 aliphatic heterocycles. The van der Waals surface area contributed by atoms with Crippen LogP contribution in [0.3, 0.4) is 0 Å². The third kappa shape index (κ3) is 2.13. The van der Waals surface area contributed by atoms with E-state index in [2.05, 4.69) is 0 Å². The minimum atomic E-state index is -0.107. The van der Waals surface area contributed by atoms with Gasteiger partial charge in [0.05, 0.1) is 18.4 Å². The van der Waals surface area contributed by atoms with E-state index in [0.717, 1.165) is 17.1 Å². The number of hydrogen-bond donors (Lipinski definition) is 1. The van der Waals surface area contributed by atoms with E-state index in [-0.39, 0.29) is 12.1 Å². The molecule has 0 bridgehead atoms. The zero-order valence-electron chi connectivity index (χ0n) is 8.94. The van der Waals surface area contributed by atoms with Crippen molar-refractivity contribution in [1.29, 1.82) is 0 Å². The largest absolute Gasteiger partial charge is 0.491 e. The predicted octanol–water partition coefficient (Wildman–Crippen LogP) is 2.38. The van der Waals surface area contributed by atoms with Gasteiger partial charge >= 0.3 is 0 Å². The maximum absolute atomic E-state index is 5.92. The van der Waals surface area contributed by atoms with Crippen LogP contribution in [0.1, 0.15) is 25.5 Å². The number of benzene rings is 1. The molecule has 0 aliphatic carbocycles. The Hall–Kier alpha value is -1.48. The quantitative estimate of drug-likeness (QED) is 0.806. The Morgan fingerprint density at radius 1 is 1.40 bits per heavy atom. The molecule has 1 aliphatic rings. The normalized spacial score (nSPS) is 18.5. The molecule has 1 aromatic carbocycles. The smallest absolute Gasteiger partial charge is 0.131 e. The molecule has 0 saturated carbocycles. The van der Waals surface area contributed by atoms with Crippen LogP contribution in [0.25, 0.3) is 0 Å². The van der Waals surface area contributed by atoms with E-state index >= 15 is 0 Å². The van der Waals surface area contributed by atoms with Gasteiger partial charge in [-0.05, 0) is 38.1 Å². The van der Waals surface area contributed by atoms with Gasteiger partial charge in [0.1, 0.15) is 11.5 Å². The molecule has 80 valence electrons. The lowest BCUT2D eigenvalue weighted by Gasteiger charge is -2.19. The van der Waals surface area contributed by atoms with Gasteiger partial charge in [-0.1, -0.05) is 0 Å². The van der Waals surface area contributed by atoms with Crippen molar-refractivity contribution in [3.8, 4) is 11.5 Å². The summed E-state index contributed by atoms with van der Waals surface area (Å²) < 4.78 is 10.9. The molecular weight excluding hydrogens is 190 g/mol. The molecule has 0 radical (unpaired) electrons. The summed E-state index contributed by atoms with van der Waals surface area (Å²) in [7, 11) is 0. The van der Waals surface area contributed by atoms with Crippen LogP contribution in [-0.4, -0.2) is 6.10 Å². The van der Waals surface area contributed by atoms with Crippen LogP contribution in [0.2, 0.25) is 0 Å². The summed E-state index contributed by atoms with van der Waals surface area (Å²) >= 11 is 0. The zero-order chi connectivity index (χ0) is 10.8. The summed E-state index contributed by atoms with van der Waals surface area (Å²) in [6, 6.07) is 5.61. The first-order chi connectivity index (χ1) is 7.16. The second-order valence-corrected chi connectivity index (χ2v) is 3.84. The maximum atomic E-state index is 5.92. The van der Waals surface area contributed by atoms with Gasteiger partial charge in [-0.15, -0.1) is 0 Å².